The van der Waals surface area contributed by atoms with Crippen molar-refractivity contribution in [2.75, 3.05) is 23.3 Å². The minimum absolute atomic E-state index is 0.0123. The van der Waals surface area contributed by atoms with Gasteiger partial charge in [0.15, 0.2) is 5.13 Å². The third-order valence-corrected chi connectivity index (χ3v) is 5.68. The fourth-order valence-corrected chi connectivity index (χ4v) is 4.28. The quantitative estimate of drug-likeness (QED) is 0.863. The number of thiazole rings is 1. The van der Waals surface area contributed by atoms with Crippen molar-refractivity contribution >= 4 is 34.0 Å². The second kappa shape index (κ2) is 7.03. The molecule has 2 aromatic rings. The number of nitrogens with one attached hydrogen (secondary N) is 2. The molecule has 0 spiro atoms. The molecule has 1 aromatic heterocycles. The van der Waals surface area contributed by atoms with Gasteiger partial charge in [0.1, 0.15) is 5.82 Å². The summed E-state index contributed by atoms with van der Waals surface area (Å²) in [6, 6.07) is 4.08. The number of amides is 2. The van der Waals surface area contributed by atoms with Crippen molar-refractivity contribution in [3.05, 3.63) is 40.7 Å². The normalized spacial score (nSPS) is 19.2. The van der Waals surface area contributed by atoms with Crippen LogP contribution in [0.2, 0.25) is 0 Å². The van der Waals surface area contributed by atoms with Gasteiger partial charge in [0.2, 0.25) is 11.8 Å². The summed E-state index contributed by atoms with van der Waals surface area (Å²) in [4.78, 5) is 31.3. The number of fused-ring (bicyclic) bond motifs is 1. The van der Waals surface area contributed by atoms with Crippen molar-refractivity contribution in [3.63, 3.8) is 0 Å². The van der Waals surface area contributed by atoms with Gasteiger partial charge in [-0.25, -0.2) is 9.37 Å². The number of carbonyl (C=O) groups is 2. The lowest BCUT2D eigenvalue weighted by Gasteiger charge is -2.24. The van der Waals surface area contributed by atoms with Gasteiger partial charge in [-0.05, 0) is 36.6 Å². The maximum absolute atomic E-state index is 13.6. The Morgan fingerprint density at radius 3 is 3.00 bits per heavy atom. The second-order valence-electron chi connectivity index (χ2n) is 6.57. The SMILES string of the molecule is O=C1C[C@@H](C(=O)NCc2csc(N3CCCC3)n2)c2cc(F)ccc2N1. The van der Waals surface area contributed by atoms with Crippen molar-refractivity contribution < 1.29 is 14.0 Å². The fraction of sp³-hybridized carbons (Fsp3) is 0.389. The number of nitrogens with zero attached hydrogens (tertiary/aromatic N) is 2. The molecule has 0 aliphatic carbocycles. The van der Waals surface area contributed by atoms with Crippen LogP contribution >= 0.6 is 11.3 Å². The smallest absolute Gasteiger partial charge is 0.228 e. The summed E-state index contributed by atoms with van der Waals surface area (Å²) in [7, 11) is 0. The number of aromatic nitrogens is 1. The molecule has 26 heavy (non-hydrogen) atoms. The number of hydrogen-bond acceptors (Lipinski definition) is 5. The van der Waals surface area contributed by atoms with Gasteiger partial charge in [-0.3, -0.25) is 9.59 Å². The van der Waals surface area contributed by atoms with E-state index in [1.165, 1.54) is 31.0 Å². The highest BCUT2D eigenvalue weighted by Crippen LogP contribution is 2.33. The second-order valence-corrected chi connectivity index (χ2v) is 7.41. The lowest BCUT2D eigenvalue weighted by Crippen LogP contribution is -2.34. The zero-order valence-corrected chi connectivity index (χ0v) is 14.9. The van der Waals surface area contributed by atoms with E-state index >= 15 is 0 Å². The first-order valence-electron chi connectivity index (χ1n) is 8.66. The highest BCUT2D eigenvalue weighted by atomic mass is 32.1. The Balaban J connectivity index is 1.44. The van der Waals surface area contributed by atoms with Crippen molar-refractivity contribution in [2.24, 2.45) is 0 Å². The van der Waals surface area contributed by atoms with E-state index in [1.807, 2.05) is 5.38 Å². The highest BCUT2D eigenvalue weighted by molar-refractivity contribution is 7.13. The minimum Gasteiger partial charge on any atom is -0.350 e. The Morgan fingerprint density at radius 1 is 1.38 bits per heavy atom. The molecule has 2 aliphatic heterocycles. The third-order valence-electron chi connectivity index (χ3n) is 4.73. The van der Waals surface area contributed by atoms with Crippen molar-refractivity contribution in [2.45, 2.75) is 31.7 Å². The molecule has 1 saturated heterocycles. The van der Waals surface area contributed by atoms with E-state index in [2.05, 4.69) is 20.5 Å². The lowest BCUT2D eigenvalue weighted by molar-refractivity contribution is -0.126. The Kier molecular flexibility index (Phi) is 4.58. The first-order chi connectivity index (χ1) is 12.6. The minimum atomic E-state index is -0.689. The summed E-state index contributed by atoms with van der Waals surface area (Å²) in [6.45, 7) is 2.35. The summed E-state index contributed by atoms with van der Waals surface area (Å²) < 4.78 is 13.6. The molecule has 2 amide bonds. The molecule has 0 radical (unpaired) electrons. The van der Waals surface area contributed by atoms with Gasteiger partial charge in [0.05, 0.1) is 18.2 Å². The van der Waals surface area contributed by atoms with E-state index in [9.17, 15) is 14.0 Å². The van der Waals surface area contributed by atoms with Crippen LogP contribution in [0.25, 0.3) is 0 Å². The van der Waals surface area contributed by atoms with Gasteiger partial charge >= 0.3 is 0 Å². The first kappa shape index (κ1) is 17.0. The molecule has 0 saturated carbocycles. The fourth-order valence-electron chi connectivity index (χ4n) is 3.40. The number of anilines is 2. The summed E-state index contributed by atoms with van der Waals surface area (Å²) in [5.41, 5.74) is 1.80. The van der Waals surface area contributed by atoms with Crippen LogP contribution in [0, 0.1) is 5.82 Å². The van der Waals surface area contributed by atoms with Gasteiger partial charge < -0.3 is 15.5 Å². The molecule has 8 heteroatoms. The molecule has 6 nitrogen and oxygen atoms in total. The molecule has 1 atom stereocenters. The summed E-state index contributed by atoms with van der Waals surface area (Å²) in [5.74, 6) is -1.64. The van der Waals surface area contributed by atoms with Gasteiger partial charge in [-0.15, -0.1) is 11.3 Å². The van der Waals surface area contributed by atoms with Crippen molar-refractivity contribution in [1.82, 2.24) is 10.3 Å². The van der Waals surface area contributed by atoms with Crippen molar-refractivity contribution in [3.8, 4) is 0 Å². The zero-order valence-electron chi connectivity index (χ0n) is 14.1. The Morgan fingerprint density at radius 2 is 2.19 bits per heavy atom. The Bertz CT molecular complexity index is 847. The molecule has 3 heterocycles. The number of hydrogen-bond donors (Lipinski definition) is 2. The van der Waals surface area contributed by atoms with E-state index in [0.29, 0.717) is 17.8 Å². The molecule has 2 aliphatic rings. The standard InChI is InChI=1S/C18H19FN4O2S/c19-11-3-4-15-13(7-11)14(8-16(24)22-15)17(25)20-9-12-10-26-18(21-12)23-5-1-2-6-23/h3-4,7,10,14H,1-2,5-6,8-9H2,(H,20,25)(H,22,24)/t14-/m1/s1. The average Bonchev–Trinajstić information content (AvgIpc) is 3.30. The van der Waals surface area contributed by atoms with Crippen LogP contribution < -0.4 is 15.5 Å². The van der Waals surface area contributed by atoms with Crippen LogP contribution in [-0.2, 0) is 16.1 Å². The maximum Gasteiger partial charge on any atom is 0.228 e. The van der Waals surface area contributed by atoms with E-state index < -0.39 is 11.7 Å². The van der Waals surface area contributed by atoms with Crippen LogP contribution in [0.15, 0.2) is 23.6 Å². The molecule has 136 valence electrons. The van der Waals surface area contributed by atoms with Gasteiger partial charge in [-0.2, -0.15) is 0 Å². The molecule has 4 rings (SSSR count). The predicted molar refractivity (Wildman–Crippen MR) is 97.8 cm³/mol. The number of halogens is 1. The number of benzene rings is 1. The van der Waals surface area contributed by atoms with Crippen LogP contribution in [0.3, 0.4) is 0 Å². The Labute approximate surface area is 154 Å². The summed E-state index contributed by atoms with van der Waals surface area (Å²) in [6.07, 6.45) is 2.38. The van der Waals surface area contributed by atoms with Crippen LogP contribution in [0.4, 0.5) is 15.2 Å². The molecule has 0 bridgehead atoms. The molecule has 2 N–H and O–H groups in total. The topological polar surface area (TPSA) is 74.3 Å². The molecular weight excluding hydrogens is 355 g/mol. The monoisotopic (exact) mass is 374 g/mol. The largest absolute Gasteiger partial charge is 0.350 e. The van der Waals surface area contributed by atoms with E-state index in [4.69, 9.17) is 0 Å². The van der Waals surface area contributed by atoms with Crippen LogP contribution in [0.5, 0.6) is 0 Å². The van der Waals surface area contributed by atoms with Gasteiger partial charge in [-0.1, -0.05) is 0 Å². The summed E-state index contributed by atoms with van der Waals surface area (Å²) in [5, 5.41) is 8.44. The summed E-state index contributed by atoms with van der Waals surface area (Å²) >= 11 is 1.57. The third kappa shape index (κ3) is 3.41. The van der Waals surface area contributed by atoms with Gasteiger partial charge in [0.25, 0.3) is 0 Å². The van der Waals surface area contributed by atoms with E-state index in [0.717, 1.165) is 23.9 Å². The molecular formula is C18H19FN4O2S. The lowest BCUT2D eigenvalue weighted by atomic mass is 9.89. The van der Waals surface area contributed by atoms with E-state index in [-0.39, 0.29) is 18.2 Å². The van der Waals surface area contributed by atoms with Crippen molar-refractivity contribution in [1.29, 1.82) is 0 Å². The zero-order chi connectivity index (χ0) is 18.1. The maximum atomic E-state index is 13.6. The van der Waals surface area contributed by atoms with E-state index in [1.54, 1.807) is 11.3 Å². The van der Waals surface area contributed by atoms with Crippen LogP contribution in [0.1, 0.15) is 36.4 Å². The first-order valence-corrected chi connectivity index (χ1v) is 9.54. The number of rotatable bonds is 4. The van der Waals surface area contributed by atoms with Gasteiger partial charge in [0, 0.05) is 30.6 Å². The average molecular weight is 374 g/mol. The molecule has 1 fully saturated rings. The number of carbonyl (C=O) groups excluding carboxylic acids is 2. The van der Waals surface area contributed by atoms with Crippen LogP contribution in [-0.4, -0.2) is 29.9 Å². The molecule has 0 unspecified atom stereocenters. The predicted octanol–water partition coefficient (Wildman–Crippen LogP) is 2.62. The molecule has 1 aromatic carbocycles. The Hall–Kier alpha value is -2.48. The highest BCUT2D eigenvalue weighted by Gasteiger charge is 2.31.